The van der Waals surface area contributed by atoms with Crippen molar-refractivity contribution in [1.29, 1.82) is 0 Å². The van der Waals surface area contributed by atoms with Crippen LogP contribution in [-0.4, -0.2) is 36.7 Å². The summed E-state index contributed by atoms with van der Waals surface area (Å²) in [5, 5.41) is 3.28. The molecule has 1 aliphatic carbocycles. The van der Waals surface area contributed by atoms with Crippen LogP contribution in [0.15, 0.2) is 0 Å². The Balaban J connectivity index is 2.29. The Morgan fingerprint density at radius 1 is 1.69 bits per heavy atom. The van der Waals surface area contributed by atoms with Crippen molar-refractivity contribution in [2.24, 2.45) is 0 Å². The SMILES string of the molecule is CCOC(=O)C(CSC)NC1CC1. The molecule has 1 unspecified atom stereocenters. The van der Waals surface area contributed by atoms with Crippen LogP contribution in [0.1, 0.15) is 19.8 Å². The number of esters is 1. The topological polar surface area (TPSA) is 38.3 Å². The van der Waals surface area contributed by atoms with Crippen molar-refractivity contribution in [2.75, 3.05) is 18.6 Å². The molecule has 0 saturated heterocycles. The molecule has 4 heteroatoms. The molecule has 3 nitrogen and oxygen atoms in total. The summed E-state index contributed by atoms with van der Waals surface area (Å²) in [4.78, 5) is 11.4. The standard InChI is InChI=1S/C9H17NO2S/c1-3-12-9(11)8(6-13-2)10-7-4-5-7/h7-8,10H,3-6H2,1-2H3. The van der Waals surface area contributed by atoms with Crippen LogP contribution < -0.4 is 5.32 Å². The third-order valence-corrected chi connectivity index (χ3v) is 2.59. The molecular weight excluding hydrogens is 186 g/mol. The largest absolute Gasteiger partial charge is 0.465 e. The average molecular weight is 203 g/mol. The van der Waals surface area contributed by atoms with Gasteiger partial charge in [0.1, 0.15) is 6.04 Å². The number of hydrogen-bond acceptors (Lipinski definition) is 4. The van der Waals surface area contributed by atoms with Crippen LogP contribution in [-0.2, 0) is 9.53 Å². The van der Waals surface area contributed by atoms with Gasteiger partial charge < -0.3 is 10.1 Å². The first-order valence-electron chi connectivity index (χ1n) is 4.69. The molecule has 1 atom stereocenters. The number of carbonyl (C=O) groups is 1. The van der Waals surface area contributed by atoms with Gasteiger partial charge >= 0.3 is 5.97 Å². The van der Waals surface area contributed by atoms with E-state index in [0.29, 0.717) is 12.6 Å². The summed E-state index contributed by atoms with van der Waals surface area (Å²) in [5.41, 5.74) is 0. The van der Waals surface area contributed by atoms with E-state index in [2.05, 4.69) is 5.32 Å². The Morgan fingerprint density at radius 3 is 2.85 bits per heavy atom. The molecule has 0 aromatic rings. The molecular formula is C9H17NO2S. The summed E-state index contributed by atoms with van der Waals surface area (Å²) in [6.07, 6.45) is 4.40. The maximum Gasteiger partial charge on any atom is 0.323 e. The van der Waals surface area contributed by atoms with Crippen molar-refractivity contribution >= 4 is 17.7 Å². The summed E-state index contributed by atoms with van der Waals surface area (Å²) in [5.74, 6) is 0.693. The molecule has 0 aromatic heterocycles. The fraction of sp³-hybridized carbons (Fsp3) is 0.889. The minimum atomic E-state index is -0.109. The number of thioether (sulfide) groups is 1. The monoisotopic (exact) mass is 203 g/mol. The first-order chi connectivity index (χ1) is 6.27. The zero-order valence-electron chi connectivity index (χ0n) is 8.21. The van der Waals surface area contributed by atoms with Gasteiger partial charge in [0.05, 0.1) is 6.61 Å². The molecule has 0 spiro atoms. The van der Waals surface area contributed by atoms with Crippen molar-refractivity contribution in [3.63, 3.8) is 0 Å². The van der Waals surface area contributed by atoms with E-state index in [1.807, 2.05) is 13.2 Å². The molecule has 0 heterocycles. The normalized spacial score (nSPS) is 18.3. The number of carbonyl (C=O) groups excluding carboxylic acids is 1. The number of hydrogen-bond donors (Lipinski definition) is 1. The molecule has 13 heavy (non-hydrogen) atoms. The quantitative estimate of drug-likeness (QED) is 0.654. The molecule has 76 valence electrons. The van der Waals surface area contributed by atoms with E-state index in [1.54, 1.807) is 11.8 Å². The van der Waals surface area contributed by atoms with E-state index >= 15 is 0 Å². The van der Waals surface area contributed by atoms with Crippen LogP contribution in [0.5, 0.6) is 0 Å². The number of nitrogens with one attached hydrogen (secondary N) is 1. The predicted molar refractivity (Wildman–Crippen MR) is 55.0 cm³/mol. The zero-order chi connectivity index (χ0) is 9.68. The molecule has 0 aliphatic heterocycles. The van der Waals surface area contributed by atoms with Gasteiger partial charge in [-0.2, -0.15) is 11.8 Å². The summed E-state index contributed by atoms with van der Waals surface area (Å²) < 4.78 is 4.97. The summed E-state index contributed by atoms with van der Waals surface area (Å²) >= 11 is 1.67. The molecule has 1 fully saturated rings. The van der Waals surface area contributed by atoms with Crippen molar-refractivity contribution in [3.8, 4) is 0 Å². The highest BCUT2D eigenvalue weighted by Crippen LogP contribution is 2.20. The van der Waals surface area contributed by atoms with Gasteiger partial charge in [0.25, 0.3) is 0 Å². The minimum absolute atomic E-state index is 0.108. The van der Waals surface area contributed by atoms with Gasteiger partial charge in [-0.25, -0.2) is 0 Å². The van der Waals surface area contributed by atoms with Gasteiger partial charge in [0.2, 0.25) is 0 Å². The van der Waals surface area contributed by atoms with Gasteiger partial charge in [0, 0.05) is 11.8 Å². The second-order valence-electron chi connectivity index (χ2n) is 3.20. The van der Waals surface area contributed by atoms with Crippen LogP contribution in [0.25, 0.3) is 0 Å². The number of ether oxygens (including phenoxy) is 1. The highest BCUT2D eigenvalue weighted by molar-refractivity contribution is 7.98. The summed E-state index contributed by atoms with van der Waals surface area (Å²) in [6.45, 7) is 2.31. The van der Waals surface area contributed by atoms with Gasteiger partial charge in [0.15, 0.2) is 0 Å². The molecule has 0 radical (unpaired) electrons. The molecule has 1 aliphatic rings. The number of rotatable bonds is 6. The van der Waals surface area contributed by atoms with E-state index in [9.17, 15) is 4.79 Å². The van der Waals surface area contributed by atoms with Crippen molar-refractivity contribution in [1.82, 2.24) is 5.32 Å². The average Bonchev–Trinajstić information content (AvgIpc) is 2.88. The lowest BCUT2D eigenvalue weighted by molar-refractivity contribution is -0.145. The Hall–Kier alpha value is -0.220. The first-order valence-corrected chi connectivity index (χ1v) is 6.09. The van der Waals surface area contributed by atoms with E-state index in [-0.39, 0.29) is 12.0 Å². The molecule has 1 saturated carbocycles. The second kappa shape index (κ2) is 5.50. The maximum atomic E-state index is 11.4. The van der Waals surface area contributed by atoms with E-state index in [1.165, 1.54) is 12.8 Å². The molecule has 0 aromatic carbocycles. The first kappa shape index (κ1) is 10.9. The third kappa shape index (κ3) is 4.00. The molecule has 0 bridgehead atoms. The van der Waals surface area contributed by atoms with E-state index < -0.39 is 0 Å². The van der Waals surface area contributed by atoms with Crippen LogP contribution in [0.4, 0.5) is 0 Å². The fourth-order valence-corrected chi connectivity index (χ4v) is 1.69. The van der Waals surface area contributed by atoms with Crippen molar-refractivity contribution in [3.05, 3.63) is 0 Å². The molecule has 0 amide bonds. The maximum absolute atomic E-state index is 11.4. The molecule has 1 N–H and O–H groups in total. The lowest BCUT2D eigenvalue weighted by Crippen LogP contribution is -2.41. The minimum Gasteiger partial charge on any atom is -0.465 e. The second-order valence-corrected chi connectivity index (χ2v) is 4.11. The lowest BCUT2D eigenvalue weighted by atomic mass is 10.3. The van der Waals surface area contributed by atoms with Crippen LogP contribution in [0.3, 0.4) is 0 Å². The Bertz CT molecular complexity index is 171. The van der Waals surface area contributed by atoms with Gasteiger partial charge in [-0.1, -0.05) is 0 Å². The van der Waals surface area contributed by atoms with Gasteiger partial charge in [-0.15, -0.1) is 0 Å². The predicted octanol–water partition coefficient (Wildman–Crippen LogP) is 1.03. The van der Waals surface area contributed by atoms with Crippen LogP contribution in [0, 0.1) is 0 Å². The van der Waals surface area contributed by atoms with Crippen molar-refractivity contribution < 1.29 is 9.53 Å². The Morgan fingerprint density at radius 2 is 2.38 bits per heavy atom. The van der Waals surface area contributed by atoms with Gasteiger partial charge in [-0.3, -0.25) is 4.79 Å². The van der Waals surface area contributed by atoms with E-state index in [4.69, 9.17) is 4.74 Å². The Labute approximate surface area is 83.6 Å². The van der Waals surface area contributed by atoms with Crippen LogP contribution in [0.2, 0.25) is 0 Å². The fourth-order valence-electron chi connectivity index (χ4n) is 1.13. The highest BCUT2D eigenvalue weighted by Gasteiger charge is 2.28. The summed E-state index contributed by atoms with van der Waals surface area (Å²) in [7, 11) is 0. The lowest BCUT2D eigenvalue weighted by Gasteiger charge is -2.15. The van der Waals surface area contributed by atoms with E-state index in [0.717, 1.165) is 5.75 Å². The smallest absolute Gasteiger partial charge is 0.323 e. The summed E-state index contributed by atoms with van der Waals surface area (Å²) in [6, 6.07) is 0.448. The van der Waals surface area contributed by atoms with Crippen molar-refractivity contribution in [2.45, 2.75) is 31.8 Å². The molecule has 1 rings (SSSR count). The highest BCUT2D eigenvalue weighted by atomic mass is 32.2. The third-order valence-electron chi connectivity index (χ3n) is 1.92. The zero-order valence-corrected chi connectivity index (χ0v) is 9.02. The van der Waals surface area contributed by atoms with Crippen LogP contribution >= 0.6 is 11.8 Å². The Kier molecular flexibility index (Phi) is 4.59. The van der Waals surface area contributed by atoms with Gasteiger partial charge in [-0.05, 0) is 26.0 Å².